The average Bonchev–Trinajstić information content (AvgIpc) is 3.09. The number of carbonyl (C=O) groups is 2. The highest BCUT2D eigenvalue weighted by Gasteiger charge is 2.46. The summed E-state index contributed by atoms with van der Waals surface area (Å²) in [4.78, 5) is 23.8. The molecule has 2 N–H and O–H groups in total. The predicted octanol–water partition coefficient (Wildman–Crippen LogP) is 4.63. The van der Waals surface area contributed by atoms with Gasteiger partial charge in [-0.15, -0.1) is 0 Å². The minimum Gasteiger partial charge on any atom is -0.497 e. The molecule has 0 bridgehead atoms. The van der Waals surface area contributed by atoms with Crippen molar-refractivity contribution in [2.24, 2.45) is 5.92 Å². The van der Waals surface area contributed by atoms with Crippen LogP contribution in [-0.4, -0.2) is 24.1 Å². The van der Waals surface area contributed by atoms with Crippen molar-refractivity contribution in [1.82, 2.24) is 0 Å². The topological polar surface area (TPSA) is 75.6 Å². The van der Waals surface area contributed by atoms with Crippen LogP contribution >= 0.6 is 0 Å². The summed E-state index contributed by atoms with van der Waals surface area (Å²) in [5.41, 5.74) is 4.62. The highest BCUT2D eigenvalue weighted by Crippen LogP contribution is 2.52. The Morgan fingerprint density at radius 1 is 0.833 bits per heavy atom. The molecule has 0 spiro atoms. The second-order valence-electron chi connectivity index (χ2n) is 7.52. The van der Waals surface area contributed by atoms with Crippen LogP contribution in [0.5, 0.6) is 5.75 Å². The van der Waals surface area contributed by atoms with Gasteiger partial charge in [0.05, 0.1) is 13.0 Å². The minimum atomic E-state index is -0.831. The van der Waals surface area contributed by atoms with Crippen molar-refractivity contribution in [2.45, 2.75) is 18.8 Å². The molecule has 0 radical (unpaired) electrons. The molecule has 1 aliphatic carbocycles. The highest BCUT2D eigenvalue weighted by atomic mass is 16.5. The van der Waals surface area contributed by atoms with E-state index in [4.69, 9.17) is 4.74 Å². The van der Waals surface area contributed by atoms with Crippen LogP contribution in [0.1, 0.15) is 41.0 Å². The summed E-state index contributed by atoms with van der Waals surface area (Å²) in [7, 11) is 1.61. The van der Waals surface area contributed by atoms with Crippen molar-refractivity contribution in [3.63, 3.8) is 0 Å². The second-order valence-corrected chi connectivity index (χ2v) is 7.52. The molecule has 5 nitrogen and oxygen atoms in total. The number of carbonyl (C=O) groups excluding carboxylic acids is 1. The Hall–Kier alpha value is -3.60. The van der Waals surface area contributed by atoms with Crippen LogP contribution in [0.3, 0.4) is 0 Å². The van der Waals surface area contributed by atoms with Crippen LogP contribution in [-0.2, 0) is 9.59 Å². The summed E-state index contributed by atoms with van der Waals surface area (Å²) < 4.78 is 5.26. The Bertz CT molecular complexity index is 1070. The maximum absolute atomic E-state index is 12.5. The van der Waals surface area contributed by atoms with Crippen LogP contribution in [0.4, 0.5) is 5.69 Å². The number of hydrogen-bond donors (Lipinski definition) is 2. The van der Waals surface area contributed by atoms with Crippen LogP contribution < -0.4 is 10.1 Å². The number of hydrogen-bond acceptors (Lipinski definition) is 3. The van der Waals surface area contributed by atoms with E-state index in [0.717, 1.165) is 28.0 Å². The molecule has 1 aliphatic rings. The van der Waals surface area contributed by atoms with E-state index in [1.54, 1.807) is 7.11 Å². The molecule has 3 unspecified atom stereocenters. The van der Waals surface area contributed by atoms with Crippen molar-refractivity contribution < 1.29 is 19.4 Å². The zero-order chi connectivity index (χ0) is 21.3. The lowest BCUT2D eigenvalue weighted by molar-refractivity contribution is -0.142. The molecule has 3 atom stereocenters. The normalized spacial score (nSPS) is 19.7. The molecule has 0 saturated heterocycles. The molecule has 0 aromatic heterocycles. The Kier molecular flexibility index (Phi) is 5.27. The molecule has 4 rings (SSSR count). The number of anilines is 1. The van der Waals surface area contributed by atoms with Crippen LogP contribution in [0.15, 0.2) is 72.8 Å². The Labute approximate surface area is 175 Å². The summed E-state index contributed by atoms with van der Waals surface area (Å²) in [5.74, 6) is -1.41. The SMILES string of the molecule is COc1ccc(C2c3ccccc3C(c3ccc(NC(C)=O)cc3)C2C(=O)O)cc1. The summed E-state index contributed by atoms with van der Waals surface area (Å²) in [6.07, 6.45) is 0. The number of fused-ring (bicyclic) bond motifs is 1. The average molecular weight is 401 g/mol. The molecule has 0 fully saturated rings. The number of benzene rings is 3. The van der Waals surface area contributed by atoms with Crippen molar-refractivity contribution in [2.75, 3.05) is 12.4 Å². The first-order valence-electron chi connectivity index (χ1n) is 9.82. The zero-order valence-corrected chi connectivity index (χ0v) is 16.8. The molecule has 0 saturated carbocycles. The number of aliphatic carboxylic acids is 1. The lowest BCUT2D eigenvalue weighted by atomic mass is 9.79. The summed E-state index contributed by atoms with van der Waals surface area (Å²) in [5, 5.41) is 13.0. The standard InChI is InChI=1S/C25H23NO4/c1-15(27)26-18-11-7-16(8-12-18)22-20-5-3-4-6-21(20)23(24(22)25(28)29)17-9-13-19(30-2)14-10-17/h3-14,22-24H,1-2H3,(H,26,27)(H,28,29). The maximum Gasteiger partial charge on any atom is 0.308 e. The number of ether oxygens (including phenoxy) is 1. The first-order valence-corrected chi connectivity index (χ1v) is 9.82. The van der Waals surface area contributed by atoms with E-state index in [1.165, 1.54) is 6.92 Å². The fourth-order valence-electron chi connectivity index (χ4n) is 4.50. The Morgan fingerprint density at radius 3 is 1.77 bits per heavy atom. The van der Waals surface area contributed by atoms with Gasteiger partial charge in [-0.3, -0.25) is 9.59 Å². The molecule has 3 aromatic carbocycles. The molecular weight excluding hydrogens is 378 g/mol. The first kappa shape index (κ1) is 19.7. The van der Waals surface area contributed by atoms with E-state index >= 15 is 0 Å². The molecule has 0 aliphatic heterocycles. The van der Waals surface area contributed by atoms with Gasteiger partial charge in [0.1, 0.15) is 5.75 Å². The molecule has 3 aromatic rings. The summed E-state index contributed by atoms with van der Waals surface area (Å²) in [6, 6.07) is 23.0. The van der Waals surface area contributed by atoms with Crippen molar-refractivity contribution in [3.05, 3.63) is 95.1 Å². The summed E-state index contributed by atoms with van der Waals surface area (Å²) in [6.45, 7) is 1.46. The highest BCUT2D eigenvalue weighted by molar-refractivity contribution is 5.88. The van der Waals surface area contributed by atoms with Crippen molar-refractivity contribution >= 4 is 17.6 Å². The third kappa shape index (κ3) is 3.54. The van der Waals surface area contributed by atoms with Gasteiger partial charge in [0.25, 0.3) is 0 Å². The van der Waals surface area contributed by atoms with E-state index < -0.39 is 11.9 Å². The fraction of sp³-hybridized carbons (Fsp3) is 0.200. The Morgan fingerprint density at radius 2 is 1.33 bits per heavy atom. The fourth-order valence-corrected chi connectivity index (χ4v) is 4.50. The predicted molar refractivity (Wildman–Crippen MR) is 115 cm³/mol. The van der Waals surface area contributed by atoms with E-state index in [-0.39, 0.29) is 17.7 Å². The van der Waals surface area contributed by atoms with Gasteiger partial charge < -0.3 is 15.2 Å². The van der Waals surface area contributed by atoms with Crippen LogP contribution in [0.2, 0.25) is 0 Å². The van der Waals surface area contributed by atoms with E-state index in [2.05, 4.69) is 5.32 Å². The second kappa shape index (κ2) is 8.03. The molecule has 5 heteroatoms. The van der Waals surface area contributed by atoms with E-state index in [0.29, 0.717) is 5.69 Å². The van der Waals surface area contributed by atoms with Crippen molar-refractivity contribution in [3.8, 4) is 5.75 Å². The summed E-state index contributed by atoms with van der Waals surface area (Å²) >= 11 is 0. The number of carboxylic acid groups (broad SMARTS) is 1. The van der Waals surface area contributed by atoms with Crippen molar-refractivity contribution in [1.29, 1.82) is 0 Å². The van der Waals surface area contributed by atoms with Crippen LogP contribution in [0.25, 0.3) is 0 Å². The molecular formula is C25H23NO4. The lowest BCUT2D eigenvalue weighted by Crippen LogP contribution is -2.24. The van der Waals surface area contributed by atoms with Gasteiger partial charge in [0.2, 0.25) is 5.91 Å². The lowest BCUT2D eigenvalue weighted by Gasteiger charge is -2.23. The third-order valence-corrected chi connectivity index (χ3v) is 5.73. The molecule has 152 valence electrons. The number of amides is 1. The molecule has 30 heavy (non-hydrogen) atoms. The zero-order valence-electron chi connectivity index (χ0n) is 16.8. The Balaban J connectivity index is 1.80. The van der Waals surface area contributed by atoms with Gasteiger partial charge >= 0.3 is 5.97 Å². The number of carboxylic acids is 1. The maximum atomic E-state index is 12.5. The largest absolute Gasteiger partial charge is 0.497 e. The third-order valence-electron chi connectivity index (χ3n) is 5.73. The molecule has 0 heterocycles. The van der Waals surface area contributed by atoms with Gasteiger partial charge in [-0.1, -0.05) is 48.5 Å². The van der Waals surface area contributed by atoms with Gasteiger partial charge in [0.15, 0.2) is 0 Å². The van der Waals surface area contributed by atoms with E-state index in [9.17, 15) is 14.7 Å². The monoisotopic (exact) mass is 401 g/mol. The van der Waals surface area contributed by atoms with E-state index in [1.807, 2.05) is 72.8 Å². The van der Waals surface area contributed by atoms with Gasteiger partial charge in [-0.05, 0) is 46.5 Å². The molecule has 1 amide bonds. The number of nitrogens with one attached hydrogen (secondary N) is 1. The van der Waals surface area contributed by atoms with Crippen LogP contribution in [0, 0.1) is 5.92 Å². The number of rotatable bonds is 5. The first-order chi connectivity index (χ1) is 14.5. The quantitative estimate of drug-likeness (QED) is 0.654. The van der Waals surface area contributed by atoms with Gasteiger partial charge in [-0.25, -0.2) is 0 Å². The number of methoxy groups -OCH3 is 1. The minimum absolute atomic E-state index is 0.142. The van der Waals surface area contributed by atoms with Gasteiger partial charge in [0, 0.05) is 24.4 Å². The smallest absolute Gasteiger partial charge is 0.308 e. The van der Waals surface area contributed by atoms with Gasteiger partial charge in [-0.2, -0.15) is 0 Å².